The number of thioether (sulfide) groups is 1. The molecule has 0 heterocycles. The number of benzene rings is 1. The molecule has 1 amide bonds. The highest BCUT2D eigenvalue weighted by molar-refractivity contribution is 8.00. The van der Waals surface area contributed by atoms with Gasteiger partial charge in [0, 0.05) is 18.0 Å². The standard InChI is InChI=1S/C16H25NO2S/c1-12(2)19-11-5-10-17-16(18)14(4)20-15-8-6-13(3)7-9-15/h6-9,12,14H,5,10-11H2,1-4H3,(H,17,18). The topological polar surface area (TPSA) is 38.3 Å². The number of aryl methyl sites for hydroxylation is 1. The van der Waals surface area contributed by atoms with Crippen molar-refractivity contribution in [3.63, 3.8) is 0 Å². The molecule has 20 heavy (non-hydrogen) atoms. The maximum Gasteiger partial charge on any atom is 0.233 e. The van der Waals surface area contributed by atoms with Crippen LogP contribution in [-0.4, -0.2) is 30.4 Å². The van der Waals surface area contributed by atoms with E-state index in [9.17, 15) is 4.79 Å². The Hall–Kier alpha value is -1.00. The van der Waals surface area contributed by atoms with Gasteiger partial charge in [-0.1, -0.05) is 17.7 Å². The predicted molar refractivity (Wildman–Crippen MR) is 85.2 cm³/mol. The lowest BCUT2D eigenvalue weighted by molar-refractivity contribution is -0.120. The number of hydrogen-bond donors (Lipinski definition) is 1. The van der Waals surface area contributed by atoms with Crippen LogP contribution in [0.5, 0.6) is 0 Å². The number of carbonyl (C=O) groups excluding carboxylic acids is 1. The average molecular weight is 295 g/mol. The van der Waals surface area contributed by atoms with Gasteiger partial charge in [0.25, 0.3) is 0 Å². The van der Waals surface area contributed by atoms with Crippen molar-refractivity contribution in [3.8, 4) is 0 Å². The zero-order valence-corrected chi connectivity index (χ0v) is 13.6. The largest absolute Gasteiger partial charge is 0.379 e. The Bertz CT molecular complexity index is 403. The average Bonchev–Trinajstić information content (AvgIpc) is 2.40. The van der Waals surface area contributed by atoms with Crippen LogP contribution in [0.4, 0.5) is 0 Å². The van der Waals surface area contributed by atoms with Crippen LogP contribution in [0.3, 0.4) is 0 Å². The highest BCUT2D eigenvalue weighted by Gasteiger charge is 2.13. The van der Waals surface area contributed by atoms with Gasteiger partial charge in [0.2, 0.25) is 5.91 Å². The van der Waals surface area contributed by atoms with Crippen molar-refractivity contribution in [2.24, 2.45) is 0 Å². The Morgan fingerprint density at radius 2 is 1.90 bits per heavy atom. The normalized spacial score (nSPS) is 12.4. The molecule has 0 saturated carbocycles. The van der Waals surface area contributed by atoms with E-state index in [0.29, 0.717) is 13.2 Å². The van der Waals surface area contributed by atoms with Gasteiger partial charge in [0.15, 0.2) is 0 Å². The van der Waals surface area contributed by atoms with Gasteiger partial charge in [-0.3, -0.25) is 4.79 Å². The van der Waals surface area contributed by atoms with Crippen LogP contribution >= 0.6 is 11.8 Å². The first kappa shape index (κ1) is 17.1. The minimum Gasteiger partial charge on any atom is -0.379 e. The van der Waals surface area contributed by atoms with Gasteiger partial charge in [0.05, 0.1) is 11.4 Å². The molecule has 1 aromatic carbocycles. The molecule has 1 N–H and O–H groups in total. The van der Waals surface area contributed by atoms with E-state index >= 15 is 0 Å². The number of nitrogens with one attached hydrogen (secondary N) is 1. The van der Waals surface area contributed by atoms with Gasteiger partial charge < -0.3 is 10.1 Å². The summed E-state index contributed by atoms with van der Waals surface area (Å²) in [5.74, 6) is 0.0834. The fourth-order valence-electron chi connectivity index (χ4n) is 1.62. The summed E-state index contributed by atoms with van der Waals surface area (Å²) in [6.07, 6.45) is 1.10. The summed E-state index contributed by atoms with van der Waals surface area (Å²) in [6.45, 7) is 9.38. The smallest absolute Gasteiger partial charge is 0.233 e. The van der Waals surface area contributed by atoms with Gasteiger partial charge in [-0.05, 0) is 46.2 Å². The van der Waals surface area contributed by atoms with Crippen molar-refractivity contribution in [2.45, 2.75) is 50.4 Å². The summed E-state index contributed by atoms with van der Waals surface area (Å²) < 4.78 is 5.43. The van der Waals surface area contributed by atoms with Crippen molar-refractivity contribution in [1.82, 2.24) is 5.32 Å². The fraction of sp³-hybridized carbons (Fsp3) is 0.562. The molecule has 0 radical (unpaired) electrons. The third-order valence-electron chi connectivity index (χ3n) is 2.77. The van der Waals surface area contributed by atoms with Crippen LogP contribution in [0, 0.1) is 6.92 Å². The van der Waals surface area contributed by atoms with Crippen molar-refractivity contribution in [2.75, 3.05) is 13.2 Å². The van der Waals surface area contributed by atoms with Crippen LogP contribution in [0.2, 0.25) is 0 Å². The van der Waals surface area contributed by atoms with Crippen LogP contribution in [0.1, 0.15) is 32.8 Å². The van der Waals surface area contributed by atoms with Crippen molar-refractivity contribution in [3.05, 3.63) is 29.8 Å². The number of carbonyl (C=O) groups is 1. The zero-order valence-electron chi connectivity index (χ0n) is 12.8. The maximum absolute atomic E-state index is 11.9. The SMILES string of the molecule is Cc1ccc(SC(C)C(=O)NCCCOC(C)C)cc1. The fourth-order valence-corrected chi connectivity index (χ4v) is 2.51. The summed E-state index contributed by atoms with van der Waals surface area (Å²) in [5.41, 5.74) is 1.23. The summed E-state index contributed by atoms with van der Waals surface area (Å²) in [7, 11) is 0. The lowest BCUT2D eigenvalue weighted by atomic mass is 10.2. The molecule has 0 aliphatic heterocycles. The van der Waals surface area contributed by atoms with Crippen LogP contribution in [0.15, 0.2) is 29.2 Å². The summed E-state index contributed by atoms with van der Waals surface area (Å²) >= 11 is 1.59. The molecule has 1 unspecified atom stereocenters. The number of ether oxygens (including phenoxy) is 1. The molecule has 1 atom stereocenters. The van der Waals surface area contributed by atoms with E-state index in [1.165, 1.54) is 5.56 Å². The van der Waals surface area contributed by atoms with Gasteiger partial charge in [-0.25, -0.2) is 0 Å². The Morgan fingerprint density at radius 1 is 1.25 bits per heavy atom. The van der Waals surface area contributed by atoms with Crippen molar-refractivity contribution in [1.29, 1.82) is 0 Å². The first-order valence-electron chi connectivity index (χ1n) is 7.11. The van der Waals surface area contributed by atoms with Gasteiger partial charge >= 0.3 is 0 Å². The van der Waals surface area contributed by atoms with E-state index in [1.807, 2.05) is 20.8 Å². The van der Waals surface area contributed by atoms with E-state index in [0.717, 1.165) is 11.3 Å². The molecule has 0 aromatic heterocycles. The third kappa shape index (κ3) is 6.96. The second-order valence-electron chi connectivity index (χ2n) is 5.14. The quantitative estimate of drug-likeness (QED) is 0.590. The molecule has 1 rings (SSSR count). The van der Waals surface area contributed by atoms with Gasteiger partial charge in [-0.2, -0.15) is 0 Å². The Balaban J connectivity index is 2.23. The van der Waals surface area contributed by atoms with E-state index < -0.39 is 0 Å². The second-order valence-corrected chi connectivity index (χ2v) is 6.55. The minimum absolute atomic E-state index is 0.0799. The highest BCUT2D eigenvalue weighted by atomic mass is 32.2. The van der Waals surface area contributed by atoms with Crippen LogP contribution in [0.25, 0.3) is 0 Å². The molecule has 0 spiro atoms. The summed E-state index contributed by atoms with van der Waals surface area (Å²) in [6, 6.07) is 8.24. The molecular weight excluding hydrogens is 270 g/mol. The summed E-state index contributed by atoms with van der Waals surface area (Å²) in [4.78, 5) is 13.1. The van der Waals surface area contributed by atoms with Crippen molar-refractivity contribution < 1.29 is 9.53 Å². The lowest BCUT2D eigenvalue weighted by Crippen LogP contribution is -2.32. The molecule has 112 valence electrons. The molecule has 0 aliphatic rings. The summed E-state index contributed by atoms with van der Waals surface area (Å²) in [5, 5.41) is 2.87. The number of rotatable bonds is 8. The lowest BCUT2D eigenvalue weighted by Gasteiger charge is -2.12. The molecule has 1 aromatic rings. The Morgan fingerprint density at radius 3 is 2.50 bits per heavy atom. The van der Waals surface area contributed by atoms with Crippen LogP contribution < -0.4 is 5.32 Å². The Labute approximate surface area is 126 Å². The van der Waals surface area contributed by atoms with E-state index in [1.54, 1.807) is 11.8 Å². The molecular formula is C16H25NO2S. The molecule has 0 saturated heterocycles. The third-order valence-corrected chi connectivity index (χ3v) is 3.89. The molecule has 0 aliphatic carbocycles. The van der Waals surface area contributed by atoms with Gasteiger partial charge in [-0.15, -0.1) is 11.8 Å². The Kier molecular flexibility index (Phi) is 7.70. The second kappa shape index (κ2) is 9.03. The molecule has 0 fully saturated rings. The first-order valence-corrected chi connectivity index (χ1v) is 7.99. The molecule has 4 heteroatoms. The predicted octanol–water partition coefficient (Wildman–Crippen LogP) is 3.41. The van der Waals surface area contributed by atoms with Crippen LogP contribution in [-0.2, 0) is 9.53 Å². The molecule has 0 bridgehead atoms. The number of amides is 1. The maximum atomic E-state index is 11.9. The zero-order chi connectivity index (χ0) is 15.0. The monoisotopic (exact) mass is 295 g/mol. The minimum atomic E-state index is -0.0799. The molecule has 3 nitrogen and oxygen atoms in total. The van der Waals surface area contributed by atoms with Gasteiger partial charge in [0.1, 0.15) is 0 Å². The highest BCUT2D eigenvalue weighted by Crippen LogP contribution is 2.23. The van der Waals surface area contributed by atoms with E-state index in [-0.39, 0.29) is 17.3 Å². The van der Waals surface area contributed by atoms with E-state index in [4.69, 9.17) is 4.74 Å². The van der Waals surface area contributed by atoms with E-state index in [2.05, 4.69) is 36.5 Å². The first-order chi connectivity index (χ1) is 9.49. The number of hydrogen-bond acceptors (Lipinski definition) is 3. The van der Waals surface area contributed by atoms with Crippen molar-refractivity contribution >= 4 is 17.7 Å².